The van der Waals surface area contributed by atoms with E-state index in [1.807, 2.05) is 0 Å². The molecule has 0 amide bonds. The molecule has 1 aromatic heterocycles. The molecule has 0 unspecified atom stereocenters. The fourth-order valence-electron chi connectivity index (χ4n) is 4.51. The lowest BCUT2D eigenvalue weighted by Crippen LogP contribution is -2.39. The summed E-state index contributed by atoms with van der Waals surface area (Å²) in [5.74, 6) is -1.05. The Hall–Kier alpha value is -5.50. The molecule has 0 saturated carbocycles. The summed E-state index contributed by atoms with van der Waals surface area (Å²) in [4.78, 5) is 52.3. The number of aromatic nitrogens is 1. The van der Waals surface area contributed by atoms with Gasteiger partial charge in [0.2, 0.25) is 5.75 Å². The number of halogens is 1. The summed E-state index contributed by atoms with van der Waals surface area (Å²) in [5, 5.41) is 22.4. The second-order valence-corrected chi connectivity index (χ2v) is 10.2. The van der Waals surface area contributed by atoms with E-state index in [2.05, 4.69) is 4.99 Å². The Morgan fingerprint density at radius 2 is 1.77 bits per heavy atom. The molecular weight excluding hydrogens is 583 g/mol. The van der Waals surface area contributed by atoms with Crippen LogP contribution in [0.15, 0.2) is 87.8 Å². The average Bonchev–Trinajstić information content (AvgIpc) is 3.27. The number of benzene rings is 3. The first-order valence-corrected chi connectivity index (χ1v) is 13.5. The second-order valence-electron chi connectivity index (χ2n) is 9.19. The van der Waals surface area contributed by atoms with Crippen LogP contribution in [0.1, 0.15) is 31.0 Å². The lowest BCUT2D eigenvalue weighted by molar-refractivity contribution is -0.394. The van der Waals surface area contributed by atoms with Gasteiger partial charge in [0, 0.05) is 6.07 Å². The Kier molecular flexibility index (Phi) is 7.94. The van der Waals surface area contributed by atoms with Crippen molar-refractivity contribution in [3.63, 3.8) is 0 Å². The maximum atomic E-state index is 13.7. The van der Waals surface area contributed by atoms with Gasteiger partial charge in [-0.3, -0.25) is 29.6 Å². The quantitative estimate of drug-likeness (QED) is 0.161. The summed E-state index contributed by atoms with van der Waals surface area (Å²) >= 11 is 1.11. The number of non-ortho nitro benzene ring substituents is 1. The maximum Gasteiger partial charge on any atom is 0.338 e. The third-order valence-corrected chi connectivity index (χ3v) is 7.44. The van der Waals surface area contributed by atoms with E-state index in [0.717, 1.165) is 29.5 Å². The maximum absolute atomic E-state index is 13.7. The lowest BCUT2D eigenvalue weighted by Gasteiger charge is -2.24. The Bertz CT molecular complexity index is 1980. The summed E-state index contributed by atoms with van der Waals surface area (Å²) < 4.78 is 26.3. The summed E-state index contributed by atoms with van der Waals surface area (Å²) in [6.07, 6.45) is 1.62. The smallest absolute Gasteiger partial charge is 0.338 e. The van der Waals surface area contributed by atoms with Crippen molar-refractivity contribution in [3.8, 4) is 11.5 Å². The summed E-state index contributed by atoms with van der Waals surface area (Å²) in [7, 11) is 0. The number of thiazole rings is 1. The first kappa shape index (κ1) is 29.0. The zero-order valence-corrected chi connectivity index (χ0v) is 23.4. The summed E-state index contributed by atoms with van der Waals surface area (Å²) in [5.41, 5.74) is 0.226. The number of nitrogens with zero attached hydrogens (tertiary/aromatic N) is 4. The number of nitro benzene ring substituents is 2. The lowest BCUT2D eigenvalue weighted by atomic mass is 9.96. The van der Waals surface area contributed by atoms with Crippen molar-refractivity contribution < 1.29 is 28.5 Å². The van der Waals surface area contributed by atoms with Crippen LogP contribution >= 0.6 is 11.3 Å². The fourth-order valence-corrected chi connectivity index (χ4v) is 5.56. The molecule has 3 aromatic carbocycles. The average molecular weight is 605 g/mol. The predicted molar refractivity (Wildman–Crippen MR) is 153 cm³/mol. The van der Waals surface area contributed by atoms with E-state index in [0.29, 0.717) is 26.2 Å². The highest BCUT2D eigenvalue weighted by molar-refractivity contribution is 7.07. The molecule has 0 bridgehead atoms. The van der Waals surface area contributed by atoms with E-state index >= 15 is 0 Å². The van der Waals surface area contributed by atoms with Gasteiger partial charge in [0.25, 0.3) is 11.2 Å². The molecule has 1 aliphatic rings. The second kappa shape index (κ2) is 11.8. The molecule has 4 aromatic rings. The molecule has 0 N–H and O–H groups in total. The van der Waals surface area contributed by atoms with Gasteiger partial charge in [-0.1, -0.05) is 35.6 Å². The fraction of sp³-hybridized carbons (Fsp3) is 0.138. The van der Waals surface area contributed by atoms with Crippen LogP contribution in [0.25, 0.3) is 6.08 Å². The van der Waals surface area contributed by atoms with E-state index in [4.69, 9.17) is 9.47 Å². The Labute approximate surface area is 245 Å². The number of ether oxygens (including phenoxy) is 2. The minimum atomic E-state index is -0.883. The number of nitro groups is 2. The van der Waals surface area contributed by atoms with Crippen LogP contribution in [-0.2, 0) is 9.53 Å². The van der Waals surface area contributed by atoms with E-state index < -0.39 is 44.6 Å². The zero-order chi connectivity index (χ0) is 30.8. The SMILES string of the molecule is CCOC(=O)C1=C(C)N=c2s/c(=C\c3ccc(Oc4ccc([N+](=O)[O-])cc4[N+](=O)[O-])cc3)c(=O)n2[C@@H]1c1ccc(F)cc1. The predicted octanol–water partition coefficient (Wildman–Crippen LogP) is 4.55. The highest BCUT2D eigenvalue weighted by Gasteiger charge is 2.33. The number of rotatable bonds is 8. The Balaban J connectivity index is 1.51. The van der Waals surface area contributed by atoms with Crippen molar-refractivity contribution >= 4 is 34.8 Å². The van der Waals surface area contributed by atoms with Crippen LogP contribution in [-0.4, -0.2) is 27.0 Å². The molecular formula is C29H21FN4O8S. The van der Waals surface area contributed by atoms with Gasteiger partial charge in [0.05, 0.1) is 44.4 Å². The van der Waals surface area contributed by atoms with Gasteiger partial charge in [-0.15, -0.1) is 0 Å². The number of carbonyl (C=O) groups excluding carboxylic acids is 1. The molecule has 1 aliphatic heterocycles. The van der Waals surface area contributed by atoms with Crippen LogP contribution in [0.5, 0.6) is 11.5 Å². The topological polar surface area (TPSA) is 156 Å². The Morgan fingerprint density at radius 3 is 2.40 bits per heavy atom. The highest BCUT2D eigenvalue weighted by atomic mass is 32.1. The van der Waals surface area contributed by atoms with Gasteiger partial charge in [0.1, 0.15) is 11.6 Å². The van der Waals surface area contributed by atoms with Crippen molar-refractivity contribution in [3.05, 3.63) is 135 Å². The minimum absolute atomic E-state index is 0.118. The monoisotopic (exact) mass is 604 g/mol. The molecule has 0 radical (unpaired) electrons. The van der Waals surface area contributed by atoms with Crippen molar-refractivity contribution in [2.24, 2.45) is 4.99 Å². The molecule has 0 saturated heterocycles. The normalized spacial score (nSPS) is 14.6. The van der Waals surface area contributed by atoms with Crippen LogP contribution in [0.3, 0.4) is 0 Å². The molecule has 0 aliphatic carbocycles. The minimum Gasteiger partial charge on any atom is -0.463 e. The Morgan fingerprint density at radius 1 is 1.07 bits per heavy atom. The van der Waals surface area contributed by atoms with Gasteiger partial charge in [-0.2, -0.15) is 0 Å². The summed E-state index contributed by atoms with van der Waals surface area (Å²) in [6.45, 7) is 3.43. The van der Waals surface area contributed by atoms with Gasteiger partial charge in [0.15, 0.2) is 4.80 Å². The number of hydrogen-bond acceptors (Lipinski definition) is 10. The first-order chi connectivity index (χ1) is 20.6. The van der Waals surface area contributed by atoms with Crippen LogP contribution in [0, 0.1) is 26.0 Å². The molecule has 218 valence electrons. The molecule has 2 heterocycles. The number of hydrogen-bond donors (Lipinski definition) is 0. The van der Waals surface area contributed by atoms with Crippen LogP contribution < -0.4 is 19.6 Å². The molecule has 0 spiro atoms. The van der Waals surface area contributed by atoms with Gasteiger partial charge in [-0.25, -0.2) is 14.2 Å². The summed E-state index contributed by atoms with van der Waals surface area (Å²) in [6, 6.07) is 14.0. The molecule has 0 fully saturated rings. The van der Waals surface area contributed by atoms with E-state index in [9.17, 15) is 34.2 Å². The third kappa shape index (κ3) is 5.81. The van der Waals surface area contributed by atoms with Crippen molar-refractivity contribution in [2.45, 2.75) is 19.9 Å². The molecule has 1 atom stereocenters. The number of fused-ring (bicyclic) bond motifs is 1. The number of esters is 1. The zero-order valence-electron chi connectivity index (χ0n) is 22.6. The number of allylic oxidation sites excluding steroid dienone is 1. The highest BCUT2D eigenvalue weighted by Crippen LogP contribution is 2.34. The van der Waals surface area contributed by atoms with E-state index in [1.165, 1.54) is 41.0 Å². The van der Waals surface area contributed by atoms with Crippen LogP contribution in [0.2, 0.25) is 0 Å². The molecule has 43 heavy (non-hydrogen) atoms. The van der Waals surface area contributed by atoms with E-state index in [1.54, 1.807) is 32.1 Å². The standard InChI is InChI=1S/C29H21FN4O8S/c1-3-41-28(36)25-16(2)31-29-32(26(25)18-6-8-19(30)9-7-18)27(35)24(43-29)14-17-4-11-21(12-5-17)42-23-13-10-20(33(37)38)15-22(23)34(39)40/h4-15,26H,3H2,1-2H3/b24-14-/t26-/m1/s1. The van der Waals surface area contributed by atoms with Crippen molar-refractivity contribution in [1.29, 1.82) is 0 Å². The largest absolute Gasteiger partial charge is 0.463 e. The van der Waals surface area contributed by atoms with Crippen LogP contribution in [0.4, 0.5) is 15.8 Å². The molecule has 14 heteroatoms. The van der Waals surface area contributed by atoms with E-state index in [-0.39, 0.29) is 23.7 Å². The third-order valence-electron chi connectivity index (χ3n) is 6.46. The van der Waals surface area contributed by atoms with Gasteiger partial charge >= 0.3 is 11.7 Å². The van der Waals surface area contributed by atoms with Crippen molar-refractivity contribution in [1.82, 2.24) is 4.57 Å². The van der Waals surface area contributed by atoms with Crippen molar-refractivity contribution in [2.75, 3.05) is 6.61 Å². The number of carbonyl (C=O) groups is 1. The molecule has 5 rings (SSSR count). The van der Waals surface area contributed by atoms with Gasteiger partial charge < -0.3 is 9.47 Å². The van der Waals surface area contributed by atoms with Gasteiger partial charge in [-0.05, 0) is 61.4 Å². The molecule has 12 nitrogen and oxygen atoms in total. The first-order valence-electron chi connectivity index (χ1n) is 12.7.